The van der Waals surface area contributed by atoms with E-state index in [1.54, 1.807) is 30.6 Å². The maximum atomic E-state index is 12.9. The number of carbonyl (C=O) groups excluding carboxylic acids is 1. The zero-order chi connectivity index (χ0) is 21.6. The zero-order valence-corrected chi connectivity index (χ0v) is 18.8. The third kappa shape index (κ3) is 5.09. The van der Waals surface area contributed by atoms with Gasteiger partial charge in [-0.2, -0.15) is 0 Å². The molecule has 0 spiro atoms. The third-order valence-electron chi connectivity index (χ3n) is 5.85. The van der Waals surface area contributed by atoms with Crippen LogP contribution in [0, 0.1) is 0 Å². The maximum absolute atomic E-state index is 12.9. The highest BCUT2D eigenvalue weighted by Crippen LogP contribution is 2.30. The van der Waals surface area contributed by atoms with E-state index in [4.69, 9.17) is 4.74 Å². The van der Waals surface area contributed by atoms with E-state index in [0.29, 0.717) is 5.56 Å². The lowest BCUT2D eigenvalue weighted by Gasteiger charge is -2.42. The van der Waals surface area contributed by atoms with Gasteiger partial charge in [-0.05, 0) is 54.8 Å². The Kier molecular flexibility index (Phi) is 6.89. The van der Waals surface area contributed by atoms with Crippen molar-refractivity contribution in [3.8, 4) is 5.75 Å². The van der Waals surface area contributed by atoms with Gasteiger partial charge in [-0.15, -0.1) is 11.3 Å². The summed E-state index contributed by atoms with van der Waals surface area (Å²) in [6.07, 6.45) is 0. The van der Waals surface area contributed by atoms with Crippen LogP contribution >= 0.6 is 11.3 Å². The van der Waals surface area contributed by atoms with E-state index in [2.05, 4.69) is 69.9 Å². The molecule has 1 aliphatic rings. The number of thiophene rings is 1. The predicted octanol–water partition coefficient (Wildman–Crippen LogP) is 4.44. The van der Waals surface area contributed by atoms with Gasteiger partial charge in [-0.3, -0.25) is 9.69 Å². The normalized spacial score (nSPS) is 16.5. The number of methoxy groups -OCH3 is 1. The Labute approximate surface area is 188 Å². The molecule has 0 aliphatic carbocycles. The first-order valence-electron chi connectivity index (χ1n) is 10.7. The first-order valence-corrected chi connectivity index (χ1v) is 11.6. The number of benzene rings is 2. The number of hydrogen-bond acceptors (Lipinski definition) is 5. The van der Waals surface area contributed by atoms with Crippen LogP contribution < -0.4 is 15.0 Å². The van der Waals surface area contributed by atoms with Crippen LogP contribution in [0.25, 0.3) is 0 Å². The average molecular weight is 436 g/mol. The topological polar surface area (TPSA) is 44.8 Å². The Morgan fingerprint density at radius 1 is 0.968 bits per heavy atom. The first kappa shape index (κ1) is 21.4. The average Bonchev–Trinajstić information content (AvgIpc) is 3.34. The molecule has 0 saturated carbocycles. The fraction of sp³-hybridized carbons (Fsp3) is 0.320. The predicted molar refractivity (Wildman–Crippen MR) is 127 cm³/mol. The molecule has 1 saturated heterocycles. The highest BCUT2D eigenvalue weighted by molar-refractivity contribution is 7.10. The number of piperazine rings is 1. The number of hydrogen-bond donors (Lipinski definition) is 1. The highest BCUT2D eigenvalue weighted by atomic mass is 32.1. The van der Waals surface area contributed by atoms with Crippen LogP contribution in [0.1, 0.15) is 28.2 Å². The molecule has 2 heterocycles. The van der Waals surface area contributed by atoms with Crippen LogP contribution in [0.4, 0.5) is 5.69 Å². The van der Waals surface area contributed by atoms with Crippen LogP contribution in [0.5, 0.6) is 5.75 Å². The largest absolute Gasteiger partial charge is 0.497 e. The monoisotopic (exact) mass is 435 g/mol. The maximum Gasteiger partial charge on any atom is 0.251 e. The van der Waals surface area contributed by atoms with Crippen LogP contribution in [0.15, 0.2) is 72.1 Å². The molecule has 1 N–H and O–H groups in total. The fourth-order valence-electron chi connectivity index (χ4n) is 4.21. The zero-order valence-electron chi connectivity index (χ0n) is 18.0. The van der Waals surface area contributed by atoms with Crippen molar-refractivity contribution in [2.45, 2.75) is 19.0 Å². The Morgan fingerprint density at radius 2 is 1.68 bits per heavy atom. The smallest absolute Gasteiger partial charge is 0.251 e. The second-order valence-electron chi connectivity index (χ2n) is 7.81. The van der Waals surface area contributed by atoms with Crippen molar-refractivity contribution < 1.29 is 9.53 Å². The summed E-state index contributed by atoms with van der Waals surface area (Å²) in [7, 11) is 1.63. The second-order valence-corrected chi connectivity index (χ2v) is 8.79. The van der Waals surface area contributed by atoms with Gasteiger partial charge in [-0.25, -0.2) is 0 Å². The lowest BCUT2D eigenvalue weighted by atomic mass is 10.0. The molecule has 1 aliphatic heterocycles. The van der Waals surface area contributed by atoms with E-state index in [1.807, 2.05) is 12.1 Å². The Balaban J connectivity index is 1.45. The van der Waals surface area contributed by atoms with Crippen molar-refractivity contribution in [2.75, 3.05) is 38.2 Å². The summed E-state index contributed by atoms with van der Waals surface area (Å²) in [5.74, 6) is 0.692. The molecular weight excluding hydrogens is 406 g/mol. The molecule has 4 rings (SSSR count). The molecule has 0 unspecified atom stereocenters. The summed E-state index contributed by atoms with van der Waals surface area (Å²) < 4.78 is 5.20. The third-order valence-corrected chi connectivity index (χ3v) is 6.79. The highest BCUT2D eigenvalue weighted by Gasteiger charge is 2.31. The fourth-order valence-corrected chi connectivity index (χ4v) is 5.17. The molecule has 5 nitrogen and oxygen atoms in total. The van der Waals surface area contributed by atoms with Gasteiger partial charge in [0, 0.05) is 48.3 Å². The lowest BCUT2D eigenvalue weighted by molar-refractivity contribution is 0.0890. The molecule has 162 valence electrons. The van der Waals surface area contributed by atoms with Crippen molar-refractivity contribution >= 4 is 22.9 Å². The Morgan fingerprint density at radius 3 is 2.29 bits per heavy atom. The van der Waals surface area contributed by atoms with Gasteiger partial charge in [0.1, 0.15) is 5.75 Å². The molecule has 31 heavy (non-hydrogen) atoms. The first-order chi connectivity index (χ1) is 15.2. The van der Waals surface area contributed by atoms with E-state index in [0.717, 1.165) is 31.9 Å². The molecular formula is C25H29N3O2S. The SMILES string of the molecule is COc1ccc(C(=O)N[C@@H](C)[C@H](c2cccs2)N2CCN(c3ccccc3)CC2)cc1. The number of para-hydroxylation sites is 1. The summed E-state index contributed by atoms with van der Waals surface area (Å²) in [6.45, 7) is 5.98. The van der Waals surface area contributed by atoms with E-state index in [1.165, 1.54) is 10.6 Å². The summed E-state index contributed by atoms with van der Waals surface area (Å²) >= 11 is 1.75. The number of nitrogens with zero attached hydrogens (tertiary/aromatic N) is 2. The molecule has 6 heteroatoms. The number of ether oxygens (including phenoxy) is 1. The van der Waals surface area contributed by atoms with E-state index in [9.17, 15) is 4.79 Å². The minimum atomic E-state index is -0.0559. The van der Waals surface area contributed by atoms with Crippen molar-refractivity contribution in [2.24, 2.45) is 0 Å². The number of rotatable bonds is 7. The van der Waals surface area contributed by atoms with Crippen LogP contribution in [0.3, 0.4) is 0 Å². The van der Waals surface area contributed by atoms with Crippen molar-refractivity contribution in [3.05, 3.63) is 82.6 Å². The van der Waals surface area contributed by atoms with E-state index >= 15 is 0 Å². The van der Waals surface area contributed by atoms with Crippen LogP contribution in [-0.2, 0) is 0 Å². The summed E-state index contributed by atoms with van der Waals surface area (Å²) in [5, 5.41) is 5.35. The van der Waals surface area contributed by atoms with Gasteiger partial charge in [0.2, 0.25) is 0 Å². The van der Waals surface area contributed by atoms with Gasteiger partial charge in [-0.1, -0.05) is 24.3 Å². The molecule has 0 bridgehead atoms. The van der Waals surface area contributed by atoms with Gasteiger partial charge in [0.15, 0.2) is 0 Å². The van der Waals surface area contributed by atoms with Gasteiger partial charge >= 0.3 is 0 Å². The minimum Gasteiger partial charge on any atom is -0.497 e. The summed E-state index contributed by atoms with van der Waals surface area (Å²) in [6, 6.07) is 22.2. The van der Waals surface area contributed by atoms with Crippen molar-refractivity contribution in [1.82, 2.24) is 10.2 Å². The molecule has 2 atom stereocenters. The van der Waals surface area contributed by atoms with Crippen molar-refractivity contribution in [1.29, 1.82) is 0 Å². The van der Waals surface area contributed by atoms with Crippen molar-refractivity contribution in [3.63, 3.8) is 0 Å². The number of amides is 1. The van der Waals surface area contributed by atoms with Crippen LogP contribution in [0.2, 0.25) is 0 Å². The Bertz CT molecular complexity index is 952. The van der Waals surface area contributed by atoms with Gasteiger partial charge < -0.3 is 15.0 Å². The molecule has 2 aromatic carbocycles. The molecule has 1 fully saturated rings. The van der Waals surface area contributed by atoms with E-state index in [-0.39, 0.29) is 18.0 Å². The number of anilines is 1. The van der Waals surface area contributed by atoms with Gasteiger partial charge in [0.05, 0.1) is 13.2 Å². The molecule has 1 amide bonds. The quantitative estimate of drug-likeness (QED) is 0.596. The van der Waals surface area contributed by atoms with Crippen LogP contribution in [-0.4, -0.2) is 50.1 Å². The number of nitrogens with one attached hydrogen (secondary N) is 1. The number of carbonyl (C=O) groups is 1. The molecule has 1 aromatic heterocycles. The molecule has 0 radical (unpaired) electrons. The Hall–Kier alpha value is -2.83. The van der Waals surface area contributed by atoms with E-state index < -0.39 is 0 Å². The lowest BCUT2D eigenvalue weighted by Crippen LogP contribution is -2.52. The van der Waals surface area contributed by atoms with Gasteiger partial charge in [0.25, 0.3) is 5.91 Å². The second kappa shape index (κ2) is 9.98. The summed E-state index contributed by atoms with van der Waals surface area (Å²) in [5.41, 5.74) is 1.92. The molecule has 3 aromatic rings. The standard InChI is InChI=1S/C25H29N3O2S/c1-19(26-25(29)20-10-12-22(30-2)13-11-20)24(23-9-6-18-31-23)28-16-14-27(15-17-28)21-7-4-3-5-8-21/h3-13,18-19,24H,14-17H2,1-2H3,(H,26,29)/t19-,24+/m0/s1. The minimum absolute atomic E-state index is 0.0171. The summed E-state index contributed by atoms with van der Waals surface area (Å²) in [4.78, 5) is 19.1.